The van der Waals surface area contributed by atoms with Crippen LogP contribution in [0.4, 0.5) is 8.78 Å². The van der Waals surface area contributed by atoms with Crippen LogP contribution in [0.3, 0.4) is 0 Å². The molecule has 2 aromatic heterocycles. The van der Waals surface area contributed by atoms with Crippen LogP contribution in [0.1, 0.15) is 17.3 Å². The third-order valence-corrected chi connectivity index (χ3v) is 3.83. The number of hydrogen-bond acceptors (Lipinski definition) is 7. The van der Waals surface area contributed by atoms with Crippen LogP contribution < -0.4 is 9.47 Å². The molecule has 0 amide bonds. The Hall–Kier alpha value is -3.14. The fourth-order valence-electron chi connectivity index (χ4n) is 2.48. The number of ether oxygens (including phenoxy) is 2. The zero-order valence-corrected chi connectivity index (χ0v) is 14.3. The van der Waals surface area contributed by atoms with Gasteiger partial charge < -0.3 is 14.6 Å². The van der Waals surface area contributed by atoms with Crippen molar-refractivity contribution in [2.45, 2.75) is 25.2 Å². The molecule has 1 N–H and O–H groups in total. The molecular weight excluding hydrogens is 360 g/mol. The molecule has 10 heteroatoms. The van der Waals surface area contributed by atoms with E-state index in [1.165, 1.54) is 12.3 Å². The summed E-state index contributed by atoms with van der Waals surface area (Å²) in [6.07, 6.45) is -2.45. The number of rotatable bonds is 8. The van der Waals surface area contributed by atoms with Crippen molar-refractivity contribution in [2.24, 2.45) is 0 Å². The molecule has 0 spiro atoms. The number of aromatic nitrogens is 5. The van der Waals surface area contributed by atoms with Gasteiger partial charge in [-0.1, -0.05) is 12.1 Å². The van der Waals surface area contributed by atoms with Gasteiger partial charge in [0.15, 0.2) is 0 Å². The van der Waals surface area contributed by atoms with Crippen molar-refractivity contribution >= 4 is 0 Å². The molecule has 0 saturated heterocycles. The minimum Gasteiger partial charge on any atom is -0.497 e. The van der Waals surface area contributed by atoms with E-state index in [1.807, 2.05) is 24.3 Å². The van der Waals surface area contributed by atoms with Crippen molar-refractivity contribution in [3.05, 3.63) is 60.2 Å². The molecule has 0 aliphatic carbocycles. The molecule has 142 valence electrons. The Labute approximate surface area is 153 Å². The van der Waals surface area contributed by atoms with Crippen LogP contribution in [0.5, 0.6) is 11.5 Å². The number of aliphatic hydroxyl groups excluding tert-OH is 1. The van der Waals surface area contributed by atoms with E-state index in [-0.39, 0.29) is 12.3 Å². The van der Waals surface area contributed by atoms with Gasteiger partial charge in [0.25, 0.3) is 6.43 Å². The Balaban J connectivity index is 1.73. The summed E-state index contributed by atoms with van der Waals surface area (Å²) in [6.45, 7) is 0.286. The van der Waals surface area contributed by atoms with E-state index in [4.69, 9.17) is 9.47 Å². The van der Waals surface area contributed by atoms with Crippen molar-refractivity contribution in [3.8, 4) is 11.5 Å². The van der Waals surface area contributed by atoms with Crippen LogP contribution in [0.2, 0.25) is 0 Å². The van der Waals surface area contributed by atoms with Crippen LogP contribution in [-0.2, 0) is 6.61 Å². The molecule has 0 fully saturated rings. The van der Waals surface area contributed by atoms with Crippen molar-refractivity contribution in [2.75, 3.05) is 7.11 Å². The van der Waals surface area contributed by atoms with Crippen LogP contribution in [0.15, 0.2) is 48.9 Å². The summed E-state index contributed by atoms with van der Waals surface area (Å²) in [6, 6.07) is 9.25. The average Bonchev–Trinajstić information content (AvgIpc) is 3.22. The highest BCUT2D eigenvalue weighted by Crippen LogP contribution is 2.25. The van der Waals surface area contributed by atoms with Gasteiger partial charge in [-0.25, -0.2) is 13.5 Å². The largest absolute Gasteiger partial charge is 0.497 e. The van der Waals surface area contributed by atoms with E-state index in [9.17, 15) is 13.9 Å². The van der Waals surface area contributed by atoms with Gasteiger partial charge in [0, 0.05) is 0 Å². The van der Waals surface area contributed by atoms with E-state index in [2.05, 4.69) is 20.5 Å². The third kappa shape index (κ3) is 4.53. The summed E-state index contributed by atoms with van der Waals surface area (Å²) < 4.78 is 37.9. The van der Waals surface area contributed by atoms with E-state index in [0.717, 1.165) is 22.3 Å². The van der Waals surface area contributed by atoms with E-state index >= 15 is 0 Å². The number of methoxy groups -OCH3 is 1. The van der Waals surface area contributed by atoms with Gasteiger partial charge in [-0.15, -0.1) is 5.10 Å². The van der Waals surface area contributed by atoms with Crippen LogP contribution >= 0.6 is 0 Å². The fraction of sp³-hybridized carbons (Fsp3) is 0.294. The summed E-state index contributed by atoms with van der Waals surface area (Å²) in [4.78, 5) is 4.13. The summed E-state index contributed by atoms with van der Waals surface area (Å²) in [5.74, 6) is 1.17. The monoisotopic (exact) mass is 377 g/mol. The number of alkyl halides is 2. The van der Waals surface area contributed by atoms with Gasteiger partial charge in [0.1, 0.15) is 36.6 Å². The van der Waals surface area contributed by atoms with Crippen molar-refractivity contribution < 1.29 is 23.4 Å². The highest BCUT2D eigenvalue weighted by atomic mass is 19.3. The van der Waals surface area contributed by atoms with Crippen molar-refractivity contribution in [1.82, 2.24) is 25.2 Å². The van der Waals surface area contributed by atoms with Crippen LogP contribution in [0.25, 0.3) is 0 Å². The molecule has 0 bridgehead atoms. The Kier molecular flexibility index (Phi) is 5.87. The lowest BCUT2D eigenvalue weighted by Crippen LogP contribution is -2.32. The predicted molar refractivity (Wildman–Crippen MR) is 89.5 cm³/mol. The van der Waals surface area contributed by atoms with Gasteiger partial charge in [-0.2, -0.15) is 0 Å². The summed E-state index contributed by atoms with van der Waals surface area (Å²) in [5.41, 5.74) is 1.09. The molecule has 2 unspecified atom stereocenters. The molecule has 0 radical (unpaired) electrons. The van der Waals surface area contributed by atoms with E-state index in [1.54, 1.807) is 13.2 Å². The number of aliphatic hydroxyl groups is 1. The summed E-state index contributed by atoms with van der Waals surface area (Å²) >= 11 is 0. The second-order valence-electron chi connectivity index (χ2n) is 5.62. The van der Waals surface area contributed by atoms with Crippen LogP contribution in [-0.4, -0.2) is 49.9 Å². The maximum absolute atomic E-state index is 13.0. The molecule has 0 aliphatic heterocycles. The minimum absolute atomic E-state index is 0.184. The first kappa shape index (κ1) is 18.6. The second-order valence-corrected chi connectivity index (χ2v) is 5.62. The second kappa shape index (κ2) is 8.49. The quantitative estimate of drug-likeness (QED) is 0.640. The minimum atomic E-state index is -2.98. The molecular formula is C17H17F2N5O3. The first-order valence-electron chi connectivity index (χ1n) is 7.99. The molecule has 8 nitrogen and oxygen atoms in total. The van der Waals surface area contributed by atoms with Crippen molar-refractivity contribution in [1.29, 1.82) is 0 Å². The average molecular weight is 377 g/mol. The molecule has 3 aromatic rings. The van der Waals surface area contributed by atoms with Gasteiger partial charge in [0.2, 0.25) is 0 Å². The SMILES string of the molecule is COc1cccc(COc2ccc(C(C(O)C(F)F)n3cnnn3)nc2)c1. The normalized spacial score (nSPS) is 13.4. The lowest BCUT2D eigenvalue weighted by molar-refractivity contribution is -0.0292. The standard InChI is InChI=1S/C17H17F2N5O3/c1-26-12-4-2-3-11(7-12)9-27-13-5-6-14(20-8-13)15(16(25)17(18)19)24-10-21-22-23-24/h2-8,10,15-17,25H,9H2,1H3. The fourth-order valence-corrected chi connectivity index (χ4v) is 2.48. The topological polar surface area (TPSA) is 95.2 Å². The zero-order chi connectivity index (χ0) is 19.2. The number of pyridine rings is 1. The Morgan fingerprint density at radius 1 is 1.19 bits per heavy atom. The number of tetrazole rings is 1. The summed E-state index contributed by atoms with van der Waals surface area (Å²) in [7, 11) is 1.58. The smallest absolute Gasteiger partial charge is 0.266 e. The maximum atomic E-state index is 13.0. The molecule has 2 atom stereocenters. The highest BCUT2D eigenvalue weighted by Gasteiger charge is 2.32. The predicted octanol–water partition coefficient (Wildman–Crippen LogP) is 1.87. The maximum Gasteiger partial charge on any atom is 0.266 e. The molecule has 3 rings (SSSR count). The Morgan fingerprint density at radius 2 is 2.04 bits per heavy atom. The van der Waals surface area contributed by atoms with Crippen molar-refractivity contribution in [3.63, 3.8) is 0 Å². The Bertz CT molecular complexity index is 846. The molecule has 1 aromatic carbocycles. The first-order chi connectivity index (χ1) is 13.1. The third-order valence-electron chi connectivity index (χ3n) is 3.83. The zero-order valence-electron chi connectivity index (χ0n) is 14.3. The lowest BCUT2D eigenvalue weighted by atomic mass is 10.1. The Morgan fingerprint density at radius 3 is 2.67 bits per heavy atom. The van der Waals surface area contributed by atoms with E-state index in [0.29, 0.717) is 5.75 Å². The van der Waals surface area contributed by atoms with E-state index < -0.39 is 18.6 Å². The number of halogens is 2. The summed E-state index contributed by atoms with van der Waals surface area (Å²) in [5, 5.41) is 20.3. The van der Waals surface area contributed by atoms with Gasteiger partial charge >= 0.3 is 0 Å². The molecule has 2 heterocycles. The van der Waals surface area contributed by atoms with Crippen LogP contribution in [0, 0.1) is 0 Å². The first-order valence-corrected chi connectivity index (χ1v) is 7.99. The van der Waals surface area contributed by atoms with Gasteiger partial charge in [-0.05, 0) is 40.3 Å². The lowest BCUT2D eigenvalue weighted by Gasteiger charge is -2.21. The number of hydrogen-bond donors (Lipinski definition) is 1. The number of nitrogens with zero attached hydrogens (tertiary/aromatic N) is 5. The highest BCUT2D eigenvalue weighted by molar-refractivity contribution is 5.29. The van der Waals surface area contributed by atoms with Gasteiger partial charge in [-0.3, -0.25) is 4.98 Å². The molecule has 27 heavy (non-hydrogen) atoms. The van der Waals surface area contributed by atoms with Gasteiger partial charge in [0.05, 0.1) is 19.0 Å². The molecule has 0 aliphatic rings. The number of benzene rings is 1. The molecule has 0 saturated carbocycles.